The van der Waals surface area contributed by atoms with Crippen LogP contribution in [-0.4, -0.2) is 32.9 Å². The molecule has 3 heterocycles. The monoisotopic (exact) mass is 307 g/mol. The molecule has 0 saturated heterocycles. The van der Waals surface area contributed by atoms with Crippen molar-refractivity contribution in [3.05, 3.63) is 52.7 Å². The zero-order valence-electron chi connectivity index (χ0n) is 11.9. The minimum Gasteiger partial charge on any atom is -0.371 e. The second-order valence-corrected chi connectivity index (χ2v) is 6.32. The second kappa shape index (κ2) is 5.35. The molecule has 2 aromatic heterocycles. The first-order valence-corrected chi connectivity index (χ1v) is 7.99. The van der Waals surface area contributed by atoms with Gasteiger partial charge in [-0.15, -0.1) is 11.3 Å². The maximum atomic E-state index is 8.76. The van der Waals surface area contributed by atoms with Crippen LogP contribution >= 0.6 is 11.3 Å². The summed E-state index contributed by atoms with van der Waals surface area (Å²) in [4.78, 5) is 16.6. The van der Waals surface area contributed by atoms with Crippen molar-refractivity contribution >= 4 is 11.3 Å². The van der Waals surface area contributed by atoms with Crippen molar-refractivity contribution in [1.82, 2.24) is 19.9 Å². The number of nitriles is 1. The van der Waals surface area contributed by atoms with Crippen LogP contribution in [0.15, 0.2) is 36.3 Å². The number of fused-ring (bicyclic) bond motifs is 1. The first-order valence-electron chi connectivity index (χ1n) is 7.18. The average molecular weight is 307 g/mol. The standard InChI is InChI=1S/C16H13N5S/c17-8-15-18-9-11(10-19-15)16-20-13-4-6-21(12-2-1-3-12)7-5-14(13)22-16/h1-3,9-10H,4-7H2. The van der Waals surface area contributed by atoms with Gasteiger partial charge >= 0.3 is 0 Å². The van der Waals surface area contributed by atoms with Crippen LogP contribution in [0, 0.1) is 11.3 Å². The number of hydrogen-bond acceptors (Lipinski definition) is 6. The van der Waals surface area contributed by atoms with E-state index in [1.807, 2.05) is 6.07 Å². The topological polar surface area (TPSA) is 65.7 Å². The molecule has 108 valence electrons. The van der Waals surface area contributed by atoms with Crippen molar-refractivity contribution in [1.29, 1.82) is 5.26 Å². The Balaban J connectivity index is 1.55. The molecule has 0 amide bonds. The van der Waals surface area contributed by atoms with E-state index in [-0.39, 0.29) is 5.82 Å². The molecule has 22 heavy (non-hydrogen) atoms. The molecule has 5 nitrogen and oxygen atoms in total. The molecule has 0 saturated carbocycles. The van der Waals surface area contributed by atoms with E-state index in [9.17, 15) is 0 Å². The lowest BCUT2D eigenvalue weighted by molar-refractivity contribution is 0.369. The molecule has 0 unspecified atom stereocenters. The van der Waals surface area contributed by atoms with Crippen molar-refractivity contribution in [2.24, 2.45) is 0 Å². The zero-order chi connectivity index (χ0) is 14.9. The Morgan fingerprint density at radius 1 is 1.18 bits per heavy atom. The van der Waals surface area contributed by atoms with Crippen LogP contribution in [0.3, 0.4) is 0 Å². The van der Waals surface area contributed by atoms with Gasteiger partial charge in [0, 0.05) is 54.5 Å². The predicted molar refractivity (Wildman–Crippen MR) is 84.1 cm³/mol. The quantitative estimate of drug-likeness (QED) is 0.852. The molecular weight excluding hydrogens is 294 g/mol. The summed E-state index contributed by atoms with van der Waals surface area (Å²) in [6.45, 7) is 2.05. The van der Waals surface area contributed by atoms with Gasteiger partial charge in [0.25, 0.3) is 0 Å². The van der Waals surface area contributed by atoms with Gasteiger partial charge in [-0.25, -0.2) is 15.0 Å². The summed E-state index contributed by atoms with van der Waals surface area (Å²) in [5, 5.41) is 9.71. The van der Waals surface area contributed by atoms with Crippen LogP contribution in [-0.2, 0) is 12.8 Å². The van der Waals surface area contributed by atoms with Crippen LogP contribution in [0.2, 0.25) is 0 Å². The number of hydrogen-bond donors (Lipinski definition) is 0. The maximum Gasteiger partial charge on any atom is 0.232 e. The van der Waals surface area contributed by atoms with E-state index in [2.05, 4.69) is 33.1 Å². The summed E-state index contributed by atoms with van der Waals surface area (Å²) in [6, 6.07) is 1.93. The Labute approximate surface area is 132 Å². The molecule has 0 atom stereocenters. The SMILES string of the molecule is N#Cc1ncc(-c2nc3c(s2)CCN(C2=CC=C2)CC3)cn1. The van der Waals surface area contributed by atoms with E-state index in [0.29, 0.717) is 0 Å². The Bertz CT molecular complexity index is 785. The van der Waals surface area contributed by atoms with Crippen molar-refractivity contribution in [3.63, 3.8) is 0 Å². The molecule has 0 aromatic carbocycles. The van der Waals surface area contributed by atoms with Gasteiger partial charge < -0.3 is 4.90 Å². The number of rotatable bonds is 2. The van der Waals surface area contributed by atoms with E-state index in [0.717, 1.165) is 36.5 Å². The first-order chi connectivity index (χ1) is 10.8. The number of nitrogens with zero attached hydrogens (tertiary/aromatic N) is 5. The van der Waals surface area contributed by atoms with Crippen molar-refractivity contribution < 1.29 is 0 Å². The molecule has 2 aliphatic rings. The van der Waals surface area contributed by atoms with Gasteiger partial charge in [-0.1, -0.05) is 6.08 Å². The molecule has 0 N–H and O–H groups in total. The fraction of sp³-hybridized carbons (Fsp3) is 0.250. The van der Waals surface area contributed by atoms with E-state index < -0.39 is 0 Å². The zero-order valence-corrected chi connectivity index (χ0v) is 12.7. The van der Waals surface area contributed by atoms with Crippen LogP contribution < -0.4 is 0 Å². The fourth-order valence-electron chi connectivity index (χ4n) is 2.63. The highest BCUT2D eigenvalue weighted by atomic mass is 32.1. The van der Waals surface area contributed by atoms with Crippen molar-refractivity contribution in [2.45, 2.75) is 12.8 Å². The number of allylic oxidation sites excluding steroid dienone is 3. The smallest absolute Gasteiger partial charge is 0.232 e. The number of aromatic nitrogens is 3. The van der Waals surface area contributed by atoms with Crippen LogP contribution in [0.25, 0.3) is 10.6 Å². The largest absolute Gasteiger partial charge is 0.371 e. The summed E-state index contributed by atoms with van der Waals surface area (Å²) in [6.07, 6.45) is 11.7. The fourth-order valence-corrected chi connectivity index (χ4v) is 3.71. The molecule has 2 aromatic rings. The van der Waals surface area contributed by atoms with Crippen LogP contribution in [0.4, 0.5) is 0 Å². The molecule has 0 spiro atoms. The predicted octanol–water partition coefficient (Wildman–Crippen LogP) is 2.33. The second-order valence-electron chi connectivity index (χ2n) is 5.23. The lowest BCUT2D eigenvalue weighted by Crippen LogP contribution is -2.26. The summed E-state index contributed by atoms with van der Waals surface area (Å²) in [7, 11) is 0. The van der Waals surface area contributed by atoms with E-state index in [1.54, 1.807) is 23.7 Å². The van der Waals surface area contributed by atoms with Crippen LogP contribution in [0.5, 0.6) is 0 Å². The van der Waals surface area contributed by atoms with Crippen LogP contribution in [0.1, 0.15) is 16.4 Å². The van der Waals surface area contributed by atoms with Gasteiger partial charge in [-0.05, 0) is 12.2 Å². The summed E-state index contributed by atoms with van der Waals surface area (Å²) >= 11 is 1.72. The van der Waals surface area contributed by atoms with Gasteiger partial charge in [0.05, 0.1) is 5.69 Å². The van der Waals surface area contributed by atoms with E-state index in [4.69, 9.17) is 10.2 Å². The molecule has 6 heteroatoms. The highest BCUT2D eigenvalue weighted by Gasteiger charge is 2.20. The molecule has 1 aliphatic carbocycles. The molecule has 4 rings (SSSR count). The van der Waals surface area contributed by atoms with Gasteiger partial charge in [-0.2, -0.15) is 5.26 Å². The molecule has 0 radical (unpaired) electrons. The Kier molecular flexibility index (Phi) is 3.20. The third kappa shape index (κ3) is 2.30. The lowest BCUT2D eigenvalue weighted by atomic mass is 10.2. The van der Waals surface area contributed by atoms with Gasteiger partial charge in [-0.3, -0.25) is 0 Å². The van der Waals surface area contributed by atoms with E-state index >= 15 is 0 Å². The molecule has 1 aliphatic heterocycles. The Morgan fingerprint density at radius 2 is 1.95 bits per heavy atom. The lowest BCUT2D eigenvalue weighted by Gasteiger charge is -2.26. The van der Waals surface area contributed by atoms with Gasteiger partial charge in [0.2, 0.25) is 5.82 Å². The third-order valence-electron chi connectivity index (χ3n) is 3.90. The average Bonchev–Trinajstić information content (AvgIpc) is 2.82. The highest BCUT2D eigenvalue weighted by molar-refractivity contribution is 7.15. The highest BCUT2D eigenvalue weighted by Crippen LogP contribution is 2.30. The van der Waals surface area contributed by atoms with E-state index in [1.165, 1.54) is 16.3 Å². The van der Waals surface area contributed by atoms with Crippen molar-refractivity contribution in [2.75, 3.05) is 13.1 Å². The maximum absolute atomic E-state index is 8.76. The summed E-state index contributed by atoms with van der Waals surface area (Å²) in [5.74, 6) is 0.194. The molecule has 0 bridgehead atoms. The van der Waals surface area contributed by atoms with Gasteiger partial charge in [0.1, 0.15) is 11.1 Å². The van der Waals surface area contributed by atoms with Gasteiger partial charge in [0.15, 0.2) is 0 Å². The minimum absolute atomic E-state index is 0.194. The number of thiazole rings is 1. The molecular formula is C16H13N5S. The Morgan fingerprint density at radius 3 is 2.64 bits per heavy atom. The first kappa shape index (κ1) is 13.2. The molecule has 0 fully saturated rings. The Hall–Kier alpha value is -2.52. The summed E-state index contributed by atoms with van der Waals surface area (Å²) in [5.41, 5.74) is 3.41. The third-order valence-corrected chi connectivity index (χ3v) is 5.11. The normalized spacial score (nSPS) is 16.3. The summed E-state index contributed by atoms with van der Waals surface area (Å²) < 4.78 is 0. The van der Waals surface area contributed by atoms with Crippen molar-refractivity contribution in [3.8, 4) is 16.6 Å². The minimum atomic E-state index is 0.194.